The Hall–Kier alpha value is -1.02. The van der Waals surface area contributed by atoms with E-state index in [2.05, 4.69) is 0 Å². The molecule has 0 bridgehead atoms. The van der Waals surface area contributed by atoms with Crippen LogP contribution in [-0.2, 0) is 16.6 Å². The second kappa shape index (κ2) is 3.77. The summed E-state index contributed by atoms with van der Waals surface area (Å²) in [5.41, 5.74) is 1.81. The lowest BCUT2D eigenvalue weighted by atomic mass is 9.65. The average Bonchev–Trinajstić information content (AvgIpc) is 2.15. The molecular formula is C13H15ClO2. The standard InChI is InChI=1S/C13H15ClO2/c1-13(2)9(12(15)16)7-6-8-4-3-5-10(14)11(8)13/h3-5,9H,6-7H2,1-2H3,(H,15,16). The highest BCUT2D eigenvalue weighted by atomic mass is 35.5. The summed E-state index contributed by atoms with van der Waals surface area (Å²) in [7, 11) is 0. The number of benzene rings is 1. The highest BCUT2D eigenvalue weighted by Crippen LogP contribution is 2.44. The fraction of sp³-hybridized carbons (Fsp3) is 0.462. The van der Waals surface area contributed by atoms with E-state index in [0.29, 0.717) is 11.4 Å². The summed E-state index contributed by atoms with van der Waals surface area (Å²) in [5, 5.41) is 9.94. The minimum absolute atomic E-state index is 0.347. The van der Waals surface area contributed by atoms with Gasteiger partial charge in [0, 0.05) is 10.4 Å². The molecule has 86 valence electrons. The molecule has 16 heavy (non-hydrogen) atoms. The molecule has 2 rings (SSSR count). The van der Waals surface area contributed by atoms with Crippen molar-refractivity contribution in [2.75, 3.05) is 0 Å². The highest BCUT2D eigenvalue weighted by Gasteiger charge is 2.41. The Balaban J connectivity index is 2.57. The molecule has 0 saturated carbocycles. The molecule has 0 heterocycles. The maximum Gasteiger partial charge on any atom is 0.307 e. The molecule has 0 aromatic heterocycles. The van der Waals surface area contributed by atoms with Crippen molar-refractivity contribution in [1.82, 2.24) is 0 Å². The fourth-order valence-corrected chi connectivity index (χ4v) is 3.20. The van der Waals surface area contributed by atoms with Gasteiger partial charge in [-0.2, -0.15) is 0 Å². The van der Waals surface area contributed by atoms with Gasteiger partial charge in [0.05, 0.1) is 5.92 Å². The number of carbonyl (C=O) groups is 1. The predicted molar refractivity (Wildman–Crippen MR) is 63.9 cm³/mol. The third-order valence-electron chi connectivity index (χ3n) is 3.62. The molecule has 1 aliphatic rings. The van der Waals surface area contributed by atoms with Crippen molar-refractivity contribution in [2.24, 2.45) is 5.92 Å². The first-order chi connectivity index (χ1) is 7.44. The lowest BCUT2D eigenvalue weighted by molar-refractivity contribution is -0.144. The van der Waals surface area contributed by atoms with Gasteiger partial charge in [0.2, 0.25) is 0 Å². The molecule has 0 radical (unpaired) electrons. The largest absolute Gasteiger partial charge is 0.481 e. The van der Waals surface area contributed by atoms with E-state index in [1.807, 2.05) is 32.0 Å². The van der Waals surface area contributed by atoms with Gasteiger partial charge in [0.25, 0.3) is 0 Å². The lowest BCUT2D eigenvalue weighted by Gasteiger charge is -2.38. The van der Waals surface area contributed by atoms with Crippen molar-refractivity contribution in [3.63, 3.8) is 0 Å². The quantitative estimate of drug-likeness (QED) is 0.816. The van der Waals surface area contributed by atoms with Crippen molar-refractivity contribution in [3.8, 4) is 0 Å². The Morgan fingerprint density at radius 2 is 2.19 bits per heavy atom. The zero-order chi connectivity index (χ0) is 11.9. The van der Waals surface area contributed by atoms with Crippen molar-refractivity contribution < 1.29 is 9.90 Å². The van der Waals surface area contributed by atoms with E-state index in [-0.39, 0.29) is 5.92 Å². The number of aryl methyl sites for hydroxylation is 1. The summed E-state index contributed by atoms with van der Waals surface area (Å²) in [4.78, 5) is 11.2. The topological polar surface area (TPSA) is 37.3 Å². The van der Waals surface area contributed by atoms with Gasteiger partial charge in [-0.1, -0.05) is 37.6 Å². The van der Waals surface area contributed by atoms with E-state index in [1.165, 1.54) is 5.56 Å². The molecule has 3 heteroatoms. The van der Waals surface area contributed by atoms with Gasteiger partial charge >= 0.3 is 5.97 Å². The normalized spacial score (nSPS) is 22.6. The van der Waals surface area contributed by atoms with Crippen LogP contribution < -0.4 is 0 Å². The Bertz CT molecular complexity index is 438. The molecule has 0 fully saturated rings. The molecular weight excluding hydrogens is 224 g/mol. The van der Waals surface area contributed by atoms with Gasteiger partial charge in [-0.15, -0.1) is 0 Å². The third-order valence-corrected chi connectivity index (χ3v) is 3.93. The van der Waals surface area contributed by atoms with Crippen molar-refractivity contribution in [1.29, 1.82) is 0 Å². The van der Waals surface area contributed by atoms with E-state index < -0.39 is 11.4 Å². The van der Waals surface area contributed by atoms with E-state index in [0.717, 1.165) is 12.0 Å². The van der Waals surface area contributed by atoms with E-state index in [4.69, 9.17) is 11.6 Å². The average molecular weight is 239 g/mol. The van der Waals surface area contributed by atoms with E-state index >= 15 is 0 Å². The second-order valence-electron chi connectivity index (χ2n) is 4.93. The number of hydrogen-bond donors (Lipinski definition) is 1. The van der Waals surface area contributed by atoms with Crippen LogP contribution in [0.5, 0.6) is 0 Å². The summed E-state index contributed by atoms with van der Waals surface area (Å²) >= 11 is 6.20. The first kappa shape index (κ1) is 11.5. The third kappa shape index (κ3) is 1.61. The number of hydrogen-bond acceptors (Lipinski definition) is 1. The summed E-state index contributed by atoms with van der Waals surface area (Å²) in [6.45, 7) is 3.94. The number of fused-ring (bicyclic) bond motifs is 1. The lowest BCUT2D eigenvalue weighted by Crippen LogP contribution is -2.39. The van der Waals surface area contributed by atoms with Gasteiger partial charge in [-0.25, -0.2) is 0 Å². The minimum Gasteiger partial charge on any atom is -0.481 e. The second-order valence-corrected chi connectivity index (χ2v) is 5.33. The predicted octanol–water partition coefficient (Wildman–Crippen LogP) is 3.26. The number of halogens is 1. The number of aliphatic carboxylic acids is 1. The van der Waals surface area contributed by atoms with Crippen LogP contribution in [0.25, 0.3) is 0 Å². The smallest absolute Gasteiger partial charge is 0.307 e. The molecule has 0 saturated heterocycles. The molecule has 1 unspecified atom stereocenters. The minimum atomic E-state index is -0.726. The molecule has 2 nitrogen and oxygen atoms in total. The molecule has 1 aromatic carbocycles. The molecule has 1 aromatic rings. The SMILES string of the molecule is CC1(C)c2c(Cl)cccc2CCC1C(=O)O. The zero-order valence-electron chi connectivity index (χ0n) is 9.46. The summed E-state index contributed by atoms with van der Waals surface area (Å²) in [6, 6.07) is 5.81. The van der Waals surface area contributed by atoms with Crippen LogP contribution in [0.1, 0.15) is 31.4 Å². The number of carboxylic acid groups (broad SMARTS) is 1. The maximum atomic E-state index is 11.2. The monoisotopic (exact) mass is 238 g/mol. The molecule has 1 N–H and O–H groups in total. The number of rotatable bonds is 1. The van der Waals surface area contributed by atoms with Gasteiger partial charge < -0.3 is 5.11 Å². The van der Waals surface area contributed by atoms with Crippen LogP contribution in [0.2, 0.25) is 5.02 Å². The number of carboxylic acids is 1. The molecule has 0 spiro atoms. The van der Waals surface area contributed by atoms with Crippen LogP contribution in [0.15, 0.2) is 18.2 Å². The van der Waals surface area contributed by atoms with Crippen LogP contribution in [0.3, 0.4) is 0 Å². The first-order valence-electron chi connectivity index (χ1n) is 5.45. The van der Waals surface area contributed by atoms with E-state index in [1.54, 1.807) is 0 Å². The highest BCUT2D eigenvalue weighted by molar-refractivity contribution is 6.31. The Kier molecular flexibility index (Phi) is 2.70. The molecule has 1 aliphatic carbocycles. The van der Waals surface area contributed by atoms with Crippen LogP contribution in [0.4, 0.5) is 0 Å². The van der Waals surface area contributed by atoms with Crippen LogP contribution in [-0.4, -0.2) is 11.1 Å². The van der Waals surface area contributed by atoms with Crippen molar-refractivity contribution >= 4 is 17.6 Å². The van der Waals surface area contributed by atoms with Crippen molar-refractivity contribution in [3.05, 3.63) is 34.3 Å². The van der Waals surface area contributed by atoms with Gasteiger partial charge in [-0.05, 0) is 30.0 Å². The summed E-state index contributed by atoms with van der Waals surface area (Å²) in [6.07, 6.45) is 1.49. The summed E-state index contributed by atoms with van der Waals surface area (Å²) < 4.78 is 0. The summed E-state index contributed by atoms with van der Waals surface area (Å²) in [5.74, 6) is -1.07. The molecule has 0 aliphatic heterocycles. The van der Waals surface area contributed by atoms with Gasteiger partial charge in [-0.3, -0.25) is 4.79 Å². The Morgan fingerprint density at radius 3 is 2.81 bits per heavy atom. The molecule has 1 atom stereocenters. The Labute approximate surface area is 100 Å². The van der Waals surface area contributed by atoms with Gasteiger partial charge in [0.15, 0.2) is 0 Å². The zero-order valence-corrected chi connectivity index (χ0v) is 10.2. The van der Waals surface area contributed by atoms with Crippen LogP contribution in [0, 0.1) is 5.92 Å². The van der Waals surface area contributed by atoms with Crippen molar-refractivity contribution in [2.45, 2.75) is 32.1 Å². The first-order valence-corrected chi connectivity index (χ1v) is 5.83. The molecule has 0 amide bonds. The fourth-order valence-electron chi connectivity index (χ4n) is 2.77. The maximum absolute atomic E-state index is 11.2. The Morgan fingerprint density at radius 1 is 1.50 bits per heavy atom. The van der Waals surface area contributed by atoms with Crippen LogP contribution >= 0.6 is 11.6 Å². The van der Waals surface area contributed by atoms with Gasteiger partial charge in [0.1, 0.15) is 0 Å². The van der Waals surface area contributed by atoms with E-state index in [9.17, 15) is 9.90 Å².